The summed E-state index contributed by atoms with van der Waals surface area (Å²) in [7, 11) is 1.64. The summed E-state index contributed by atoms with van der Waals surface area (Å²) in [6, 6.07) is 3.48. The van der Waals surface area contributed by atoms with Crippen LogP contribution in [0.3, 0.4) is 0 Å². The van der Waals surface area contributed by atoms with Gasteiger partial charge in [-0.15, -0.1) is 0 Å². The highest BCUT2D eigenvalue weighted by Crippen LogP contribution is 2.10. The van der Waals surface area contributed by atoms with Crippen LogP contribution in [-0.4, -0.2) is 24.5 Å². The molecular weight excluding hydrogens is 178 g/mol. The van der Waals surface area contributed by atoms with Gasteiger partial charge in [0.1, 0.15) is 0 Å². The van der Waals surface area contributed by atoms with E-state index in [0.29, 0.717) is 6.61 Å². The lowest BCUT2D eigenvalue weighted by atomic mass is 9.98. The van der Waals surface area contributed by atoms with E-state index < -0.39 is 0 Å². The zero-order valence-corrected chi connectivity index (χ0v) is 8.56. The minimum Gasteiger partial charge on any atom is -0.385 e. The number of hydrogen-bond acceptors (Lipinski definition) is 3. The molecule has 0 aliphatic rings. The average Bonchev–Trinajstić information content (AvgIpc) is 2.26. The first-order valence-electron chi connectivity index (χ1n) is 4.69. The fourth-order valence-electron chi connectivity index (χ4n) is 1.23. The van der Waals surface area contributed by atoms with Gasteiger partial charge in [-0.05, 0) is 18.6 Å². The van der Waals surface area contributed by atoms with Crippen LogP contribution in [0.4, 0.5) is 0 Å². The lowest BCUT2D eigenvalue weighted by Crippen LogP contribution is -2.13. The Kier molecular flexibility index (Phi) is 4.26. The molecular formula is C11H15NO2. The molecule has 14 heavy (non-hydrogen) atoms. The minimum atomic E-state index is 0.0114. The van der Waals surface area contributed by atoms with E-state index in [4.69, 9.17) is 4.74 Å². The summed E-state index contributed by atoms with van der Waals surface area (Å²) in [6.45, 7) is 2.54. The lowest BCUT2D eigenvalue weighted by Gasteiger charge is -2.08. The second-order valence-corrected chi connectivity index (χ2v) is 3.28. The zero-order chi connectivity index (χ0) is 10.4. The summed E-state index contributed by atoms with van der Waals surface area (Å²) < 4.78 is 4.93. The SMILES string of the molecule is COCCC(C)C(=O)c1ccncc1. The Morgan fingerprint density at radius 3 is 2.71 bits per heavy atom. The van der Waals surface area contributed by atoms with Gasteiger partial charge < -0.3 is 4.74 Å². The van der Waals surface area contributed by atoms with E-state index in [2.05, 4.69) is 4.98 Å². The molecule has 0 radical (unpaired) electrons. The van der Waals surface area contributed by atoms with Gasteiger partial charge in [-0.25, -0.2) is 0 Å². The first-order chi connectivity index (χ1) is 6.75. The maximum atomic E-state index is 11.8. The van der Waals surface area contributed by atoms with Crippen LogP contribution in [-0.2, 0) is 4.74 Å². The van der Waals surface area contributed by atoms with E-state index in [9.17, 15) is 4.79 Å². The second-order valence-electron chi connectivity index (χ2n) is 3.28. The molecule has 0 bridgehead atoms. The summed E-state index contributed by atoms with van der Waals surface area (Å²) in [6.07, 6.45) is 4.03. The monoisotopic (exact) mass is 193 g/mol. The molecule has 0 N–H and O–H groups in total. The van der Waals surface area contributed by atoms with Crippen molar-refractivity contribution in [2.75, 3.05) is 13.7 Å². The maximum absolute atomic E-state index is 11.8. The zero-order valence-electron chi connectivity index (χ0n) is 8.56. The van der Waals surface area contributed by atoms with Gasteiger partial charge in [0.15, 0.2) is 5.78 Å². The molecule has 0 saturated heterocycles. The third-order valence-electron chi connectivity index (χ3n) is 2.17. The van der Waals surface area contributed by atoms with Crippen molar-refractivity contribution in [3.63, 3.8) is 0 Å². The molecule has 0 aromatic carbocycles. The number of methoxy groups -OCH3 is 1. The highest BCUT2D eigenvalue weighted by molar-refractivity contribution is 5.97. The van der Waals surface area contributed by atoms with E-state index in [1.54, 1.807) is 31.6 Å². The Bertz CT molecular complexity index is 285. The van der Waals surface area contributed by atoms with Crippen molar-refractivity contribution in [3.8, 4) is 0 Å². The Hall–Kier alpha value is -1.22. The van der Waals surface area contributed by atoms with Crippen LogP contribution in [0.5, 0.6) is 0 Å². The maximum Gasteiger partial charge on any atom is 0.165 e. The van der Waals surface area contributed by atoms with E-state index in [1.807, 2.05) is 6.92 Å². The van der Waals surface area contributed by atoms with Crippen LogP contribution in [0.25, 0.3) is 0 Å². The Morgan fingerprint density at radius 2 is 2.14 bits per heavy atom. The molecule has 1 unspecified atom stereocenters. The number of nitrogens with zero attached hydrogens (tertiary/aromatic N) is 1. The molecule has 1 rings (SSSR count). The molecule has 3 heteroatoms. The van der Waals surface area contributed by atoms with Crippen molar-refractivity contribution in [1.29, 1.82) is 0 Å². The van der Waals surface area contributed by atoms with Crippen molar-refractivity contribution >= 4 is 5.78 Å². The molecule has 3 nitrogen and oxygen atoms in total. The number of carbonyl (C=O) groups is 1. The average molecular weight is 193 g/mol. The smallest absolute Gasteiger partial charge is 0.165 e. The van der Waals surface area contributed by atoms with Crippen LogP contribution in [0.2, 0.25) is 0 Å². The van der Waals surface area contributed by atoms with Crippen molar-refractivity contribution in [1.82, 2.24) is 4.98 Å². The summed E-state index contributed by atoms with van der Waals surface area (Å²) in [5.41, 5.74) is 0.726. The van der Waals surface area contributed by atoms with E-state index in [-0.39, 0.29) is 11.7 Å². The van der Waals surface area contributed by atoms with Gasteiger partial charge in [0.2, 0.25) is 0 Å². The third kappa shape index (κ3) is 2.92. The lowest BCUT2D eigenvalue weighted by molar-refractivity contribution is 0.0893. The first kappa shape index (κ1) is 10.9. The van der Waals surface area contributed by atoms with E-state index >= 15 is 0 Å². The third-order valence-corrected chi connectivity index (χ3v) is 2.17. The fourth-order valence-corrected chi connectivity index (χ4v) is 1.23. The number of pyridine rings is 1. The van der Waals surface area contributed by atoms with Crippen LogP contribution >= 0.6 is 0 Å². The molecule has 0 aliphatic carbocycles. The van der Waals surface area contributed by atoms with E-state index in [0.717, 1.165) is 12.0 Å². The minimum absolute atomic E-state index is 0.0114. The summed E-state index contributed by atoms with van der Waals surface area (Å²) in [4.78, 5) is 15.6. The van der Waals surface area contributed by atoms with Crippen molar-refractivity contribution in [2.45, 2.75) is 13.3 Å². The van der Waals surface area contributed by atoms with Gasteiger partial charge in [-0.3, -0.25) is 9.78 Å². The van der Waals surface area contributed by atoms with Gasteiger partial charge >= 0.3 is 0 Å². The molecule has 76 valence electrons. The number of Topliss-reactive ketones (excluding diaryl/α,β-unsaturated/α-hetero) is 1. The predicted octanol–water partition coefficient (Wildman–Crippen LogP) is 1.94. The normalized spacial score (nSPS) is 12.4. The van der Waals surface area contributed by atoms with Gasteiger partial charge in [0, 0.05) is 37.6 Å². The molecule has 0 spiro atoms. The van der Waals surface area contributed by atoms with Crippen LogP contribution in [0.1, 0.15) is 23.7 Å². The van der Waals surface area contributed by atoms with Gasteiger partial charge in [-0.1, -0.05) is 6.92 Å². The molecule has 0 aliphatic heterocycles. The Balaban J connectivity index is 2.57. The quantitative estimate of drug-likeness (QED) is 0.671. The molecule has 1 aromatic heterocycles. The number of rotatable bonds is 5. The van der Waals surface area contributed by atoms with Crippen LogP contribution in [0, 0.1) is 5.92 Å². The topological polar surface area (TPSA) is 39.2 Å². The van der Waals surface area contributed by atoms with Gasteiger partial charge in [0.05, 0.1) is 0 Å². The number of carbonyl (C=O) groups excluding carboxylic acids is 1. The molecule has 0 saturated carbocycles. The Labute approximate surface area is 84.1 Å². The molecule has 1 atom stereocenters. The highest BCUT2D eigenvalue weighted by Gasteiger charge is 2.14. The summed E-state index contributed by atoms with van der Waals surface area (Å²) >= 11 is 0. The van der Waals surface area contributed by atoms with Crippen LogP contribution < -0.4 is 0 Å². The number of ether oxygens (including phenoxy) is 1. The second kappa shape index (κ2) is 5.50. The van der Waals surface area contributed by atoms with Crippen molar-refractivity contribution in [3.05, 3.63) is 30.1 Å². The fraction of sp³-hybridized carbons (Fsp3) is 0.455. The molecule has 0 fully saturated rings. The Morgan fingerprint density at radius 1 is 1.50 bits per heavy atom. The summed E-state index contributed by atoms with van der Waals surface area (Å²) in [5, 5.41) is 0. The van der Waals surface area contributed by atoms with Gasteiger partial charge in [0.25, 0.3) is 0 Å². The van der Waals surface area contributed by atoms with Gasteiger partial charge in [-0.2, -0.15) is 0 Å². The van der Waals surface area contributed by atoms with Crippen molar-refractivity contribution in [2.24, 2.45) is 5.92 Å². The highest BCUT2D eigenvalue weighted by atomic mass is 16.5. The first-order valence-corrected chi connectivity index (χ1v) is 4.69. The van der Waals surface area contributed by atoms with E-state index in [1.165, 1.54) is 0 Å². The largest absolute Gasteiger partial charge is 0.385 e. The standard InChI is InChI=1S/C11H15NO2/c1-9(5-8-14-2)11(13)10-3-6-12-7-4-10/h3-4,6-7,9H,5,8H2,1-2H3. The predicted molar refractivity (Wildman–Crippen MR) is 54.2 cm³/mol. The summed E-state index contributed by atoms with van der Waals surface area (Å²) in [5.74, 6) is 0.168. The number of ketones is 1. The number of hydrogen-bond donors (Lipinski definition) is 0. The molecule has 1 heterocycles. The molecule has 1 aromatic rings. The number of aromatic nitrogens is 1. The van der Waals surface area contributed by atoms with Crippen LogP contribution in [0.15, 0.2) is 24.5 Å². The molecule has 0 amide bonds. The van der Waals surface area contributed by atoms with Crippen molar-refractivity contribution < 1.29 is 9.53 Å².